The first-order valence-electron chi connectivity index (χ1n) is 6.16. The Balaban J connectivity index is 2.24. The Morgan fingerprint density at radius 1 is 1.24 bits per heavy atom. The number of anilines is 1. The van der Waals surface area contributed by atoms with Crippen molar-refractivity contribution < 1.29 is 10.0 Å². The molecule has 2 aromatic rings. The van der Waals surface area contributed by atoms with Crippen molar-refractivity contribution in [2.45, 2.75) is 6.92 Å². The number of nitrogens with two attached hydrogens (primary N) is 1. The van der Waals surface area contributed by atoms with Crippen LogP contribution in [0.1, 0.15) is 21.5 Å². The zero-order valence-electron chi connectivity index (χ0n) is 11.3. The molecular weight excluding hydrogens is 334 g/mol. The van der Waals surface area contributed by atoms with Gasteiger partial charge >= 0.3 is 0 Å². The number of nitrogens with zero attached hydrogens (tertiary/aromatic N) is 1. The third kappa shape index (κ3) is 3.82. The first-order valence-corrected chi connectivity index (χ1v) is 6.95. The molecule has 0 radical (unpaired) electrons. The first kappa shape index (κ1) is 15.1. The van der Waals surface area contributed by atoms with Gasteiger partial charge in [-0.15, -0.1) is 0 Å². The van der Waals surface area contributed by atoms with Gasteiger partial charge in [-0.1, -0.05) is 33.2 Å². The Morgan fingerprint density at radius 3 is 2.62 bits per heavy atom. The summed E-state index contributed by atoms with van der Waals surface area (Å²) in [5.74, 6) is -0.303. The van der Waals surface area contributed by atoms with Crippen molar-refractivity contribution in [3.05, 3.63) is 63.6 Å². The lowest BCUT2D eigenvalue weighted by atomic mass is 10.1. The summed E-state index contributed by atoms with van der Waals surface area (Å²) in [6, 6.07) is 12.2. The van der Waals surface area contributed by atoms with Crippen LogP contribution in [-0.2, 0) is 0 Å². The summed E-state index contributed by atoms with van der Waals surface area (Å²) < 4.78 is 0.892. The Bertz CT molecular complexity index is 694. The molecule has 0 atom stereocenters. The van der Waals surface area contributed by atoms with Crippen LogP contribution in [0.2, 0.25) is 0 Å². The van der Waals surface area contributed by atoms with Crippen LogP contribution in [0.5, 0.6) is 0 Å². The number of rotatable bonds is 3. The lowest BCUT2D eigenvalue weighted by Crippen LogP contribution is -2.16. The largest absolute Gasteiger partial charge is 0.409 e. The van der Waals surface area contributed by atoms with E-state index in [0.717, 1.165) is 10.0 Å². The average Bonchev–Trinajstić information content (AvgIpc) is 2.45. The van der Waals surface area contributed by atoms with Crippen LogP contribution >= 0.6 is 15.9 Å². The fourth-order valence-corrected chi connectivity index (χ4v) is 2.50. The van der Waals surface area contributed by atoms with Crippen LogP contribution in [0.25, 0.3) is 0 Å². The fraction of sp³-hybridized carbons (Fsp3) is 0.0667. The van der Waals surface area contributed by atoms with Gasteiger partial charge in [0, 0.05) is 21.3 Å². The van der Waals surface area contributed by atoms with Crippen molar-refractivity contribution in [2.75, 3.05) is 5.32 Å². The predicted octanol–water partition coefficient (Wildman–Crippen LogP) is 3.10. The van der Waals surface area contributed by atoms with Gasteiger partial charge in [0.1, 0.15) is 0 Å². The molecule has 21 heavy (non-hydrogen) atoms. The Hall–Kier alpha value is -2.34. The highest BCUT2D eigenvalue weighted by molar-refractivity contribution is 9.10. The number of halogens is 1. The summed E-state index contributed by atoms with van der Waals surface area (Å²) in [5, 5.41) is 14.4. The van der Waals surface area contributed by atoms with Gasteiger partial charge < -0.3 is 16.3 Å². The van der Waals surface area contributed by atoms with Gasteiger partial charge in [0.2, 0.25) is 0 Å². The molecule has 0 spiro atoms. The van der Waals surface area contributed by atoms with Gasteiger partial charge in [-0.05, 0) is 42.8 Å². The predicted molar refractivity (Wildman–Crippen MR) is 85.8 cm³/mol. The monoisotopic (exact) mass is 347 g/mol. The smallest absolute Gasteiger partial charge is 0.255 e. The zero-order valence-corrected chi connectivity index (χ0v) is 12.9. The Kier molecular flexibility index (Phi) is 4.59. The number of amides is 1. The zero-order chi connectivity index (χ0) is 15.4. The summed E-state index contributed by atoms with van der Waals surface area (Å²) in [6.45, 7) is 1.94. The number of hydrogen-bond acceptors (Lipinski definition) is 3. The second-order valence-corrected chi connectivity index (χ2v) is 5.45. The molecule has 2 rings (SSSR count). The molecule has 0 heterocycles. The minimum absolute atomic E-state index is 0.0389. The second kappa shape index (κ2) is 6.41. The summed E-state index contributed by atoms with van der Waals surface area (Å²) in [7, 11) is 0. The molecule has 1 amide bonds. The van der Waals surface area contributed by atoms with Gasteiger partial charge in [0.25, 0.3) is 5.91 Å². The minimum Gasteiger partial charge on any atom is -0.409 e. The highest BCUT2D eigenvalue weighted by Gasteiger charge is 2.09. The molecular formula is C15H14BrN3O2. The van der Waals surface area contributed by atoms with Crippen LogP contribution in [0.3, 0.4) is 0 Å². The van der Waals surface area contributed by atoms with Crippen molar-refractivity contribution in [3.63, 3.8) is 0 Å². The Labute approximate surface area is 130 Å². The minimum atomic E-state index is -0.264. The van der Waals surface area contributed by atoms with Crippen LogP contribution in [0.15, 0.2) is 52.1 Å². The molecule has 4 N–H and O–H groups in total. The molecule has 0 bridgehead atoms. The summed E-state index contributed by atoms with van der Waals surface area (Å²) in [5.41, 5.74) is 8.16. The summed E-state index contributed by atoms with van der Waals surface area (Å²) in [4.78, 5) is 12.2. The van der Waals surface area contributed by atoms with Gasteiger partial charge in [-0.25, -0.2) is 0 Å². The first-order chi connectivity index (χ1) is 9.99. The standard InChI is InChI=1S/C15H14BrN3O2/c1-9-5-12(16)8-13(6-9)18-15(20)11-4-2-3-10(7-11)14(17)19-21/h2-8,21H,1H3,(H2,17,19)(H,18,20). The number of carbonyl (C=O) groups excluding carboxylic acids is 1. The number of nitrogens with one attached hydrogen (secondary N) is 1. The highest BCUT2D eigenvalue weighted by Crippen LogP contribution is 2.20. The third-order valence-corrected chi connectivity index (χ3v) is 3.29. The number of carbonyl (C=O) groups is 1. The van der Waals surface area contributed by atoms with Crippen LogP contribution in [-0.4, -0.2) is 17.0 Å². The summed E-state index contributed by atoms with van der Waals surface area (Å²) >= 11 is 3.39. The van der Waals surface area contributed by atoms with Gasteiger partial charge in [0.15, 0.2) is 5.84 Å². The maximum atomic E-state index is 12.2. The van der Waals surface area contributed by atoms with Gasteiger partial charge in [0.05, 0.1) is 0 Å². The van der Waals surface area contributed by atoms with Crippen LogP contribution in [0, 0.1) is 6.92 Å². The molecule has 0 aliphatic heterocycles. The van der Waals surface area contributed by atoms with Crippen LogP contribution < -0.4 is 11.1 Å². The van der Waals surface area contributed by atoms with Crippen molar-refractivity contribution >= 4 is 33.4 Å². The SMILES string of the molecule is Cc1cc(Br)cc(NC(=O)c2cccc(/C(N)=N/O)c2)c1. The van der Waals surface area contributed by atoms with Crippen molar-refractivity contribution in [1.82, 2.24) is 0 Å². The van der Waals surface area contributed by atoms with E-state index in [9.17, 15) is 4.79 Å². The van der Waals surface area contributed by atoms with Gasteiger partial charge in [-0.2, -0.15) is 0 Å². The molecule has 0 saturated heterocycles. The quantitative estimate of drug-likeness (QED) is 0.345. The third-order valence-electron chi connectivity index (χ3n) is 2.83. The maximum absolute atomic E-state index is 12.2. The molecule has 5 nitrogen and oxygen atoms in total. The molecule has 108 valence electrons. The average molecular weight is 348 g/mol. The number of aryl methyl sites for hydroxylation is 1. The topological polar surface area (TPSA) is 87.7 Å². The Morgan fingerprint density at radius 2 is 1.95 bits per heavy atom. The lowest BCUT2D eigenvalue weighted by molar-refractivity contribution is 0.102. The van der Waals surface area contributed by atoms with E-state index in [4.69, 9.17) is 10.9 Å². The number of amidine groups is 1. The number of oxime groups is 1. The van der Waals surface area contributed by atoms with E-state index in [2.05, 4.69) is 26.4 Å². The molecule has 6 heteroatoms. The van der Waals surface area contributed by atoms with Crippen molar-refractivity contribution in [1.29, 1.82) is 0 Å². The van der Waals surface area contributed by atoms with Crippen LogP contribution in [0.4, 0.5) is 5.69 Å². The van der Waals surface area contributed by atoms with E-state index in [1.165, 1.54) is 0 Å². The summed E-state index contributed by atoms with van der Waals surface area (Å²) in [6.07, 6.45) is 0. The lowest BCUT2D eigenvalue weighted by Gasteiger charge is -2.08. The molecule has 0 aromatic heterocycles. The van der Waals surface area contributed by atoms with E-state index in [-0.39, 0.29) is 11.7 Å². The molecule has 0 aliphatic rings. The number of benzene rings is 2. The molecule has 0 unspecified atom stereocenters. The van der Waals surface area contributed by atoms with Crippen molar-refractivity contribution in [3.8, 4) is 0 Å². The molecule has 0 saturated carbocycles. The fourth-order valence-electron chi connectivity index (χ4n) is 1.89. The normalized spacial score (nSPS) is 11.2. The van der Waals surface area contributed by atoms with Crippen molar-refractivity contribution in [2.24, 2.45) is 10.9 Å². The molecule has 2 aromatic carbocycles. The van der Waals surface area contributed by atoms with E-state index in [1.807, 2.05) is 25.1 Å². The second-order valence-electron chi connectivity index (χ2n) is 4.54. The van der Waals surface area contributed by atoms with Gasteiger partial charge in [-0.3, -0.25) is 4.79 Å². The van der Waals surface area contributed by atoms with E-state index in [0.29, 0.717) is 16.8 Å². The van der Waals surface area contributed by atoms with E-state index < -0.39 is 0 Å². The maximum Gasteiger partial charge on any atom is 0.255 e. The molecule has 0 fully saturated rings. The molecule has 0 aliphatic carbocycles. The number of hydrogen-bond donors (Lipinski definition) is 3. The van der Waals surface area contributed by atoms with E-state index in [1.54, 1.807) is 24.3 Å². The highest BCUT2D eigenvalue weighted by atomic mass is 79.9. The van der Waals surface area contributed by atoms with E-state index >= 15 is 0 Å².